The Labute approximate surface area is 88.3 Å². The van der Waals surface area contributed by atoms with E-state index in [0.29, 0.717) is 12.1 Å². The molecule has 0 aliphatic heterocycles. The van der Waals surface area contributed by atoms with Gasteiger partial charge in [0.2, 0.25) is 0 Å². The Kier molecular flexibility index (Phi) is 4.46. The predicted octanol–water partition coefficient (Wildman–Crippen LogP) is 1.94. The van der Waals surface area contributed by atoms with E-state index in [1.807, 2.05) is 13.2 Å². The van der Waals surface area contributed by atoms with Crippen LogP contribution < -0.4 is 5.32 Å². The van der Waals surface area contributed by atoms with Gasteiger partial charge in [-0.25, -0.2) is 4.98 Å². The highest BCUT2D eigenvalue weighted by Crippen LogP contribution is 2.16. The Bertz CT molecular complexity index is 315. The van der Waals surface area contributed by atoms with Crippen LogP contribution in [0, 0.1) is 0 Å². The van der Waals surface area contributed by atoms with Gasteiger partial charge in [-0.3, -0.25) is 4.79 Å². The molecule has 0 unspecified atom stereocenters. The molecule has 1 rings (SSSR count). The van der Waals surface area contributed by atoms with Crippen LogP contribution in [0.5, 0.6) is 0 Å². The summed E-state index contributed by atoms with van der Waals surface area (Å²) in [5, 5.41) is 3.61. The number of carbonyl (C=O) groups excluding carboxylic acids is 1. The molecule has 76 valence electrons. The molecule has 0 saturated carbocycles. The molecule has 1 heterocycles. The first-order valence-electron chi connectivity index (χ1n) is 4.56. The maximum atomic E-state index is 11.6. The first-order valence-corrected chi connectivity index (χ1v) is 5.79. The zero-order chi connectivity index (χ0) is 10.4. The fourth-order valence-electron chi connectivity index (χ4n) is 1.06. The molecule has 0 aliphatic rings. The van der Waals surface area contributed by atoms with Crippen LogP contribution in [0.15, 0.2) is 23.4 Å². The minimum atomic E-state index is -0.0377. The highest BCUT2D eigenvalue weighted by molar-refractivity contribution is 7.98. The van der Waals surface area contributed by atoms with Crippen molar-refractivity contribution in [1.29, 1.82) is 0 Å². The molecule has 0 fully saturated rings. The van der Waals surface area contributed by atoms with Crippen molar-refractivity contribution in [2.24, 2.45) is 0 Å². The van der Waals surface area contributed by atoms with Crippen LogP contribution in [0.4, 0.5) is 0 Å². The highest BCUT2D eigenvalue weighted by atomic mass is 32.2. The van der Waals surface area contributed by atoms with Gasteiger partial charge in [-0.1, -0.05) is 6.92 Å². The van der Waals surface area contributed by atoms with Gasteiger partial charge in [0, 0.05) is 12.7 Å². The fraction of sp³-hybridized carbons (Fsp3) is 0.400. The monoisotopic (exact) mass is 210 g/mol. The van der Waals surface area contributed by atoms with Crippen molar-refractivity contribution >= 4 is 17.7 Å². The molecule has 0 saturated heterocycles. The number of nitrogens with one attached hydrogen (secondary N) is 1. The molecule has 0 atom stereocenters. The molecular formula is C10H14N2OS. The van der Waals surface area contributed by atoms with Crippen molar-refractivity contribution in [2.75, 3.05) is 12.8 Å². The van der Waals surface area contributed by atoms with E-state index in [9.17, 15) is 4.79 Å². The maximum Gasteiger partial charge on any atom is 0.254 e. The summed E-state index contributed by atoms with van der Waals surface area (Å²) in [6.07, 6.45) is 4.56. The largest absolute Gasteiger partial charge is 0.352 e. The van der Waals surface area contributed by atoms with Crippen molar-refractivity contribution < 1.29 is 4.79 Å². The Hall–Kier alpha value is -1.03. The van der Waals surface area contributed by atoms with Crippen LogP contribution >= 0.6 is 11.8 Å². The summed E-state index contributed by atoms with van der Waals surface area (Å²) >= 11 is 1.49. The van der Waals surface area contributed by atoms with Gasteiger partial charge >= 0.3 is 0 Å². The van der Waals surface area contributed by atoms with Gasteiger partial charge in [0.25, 0.3) is 5.91 Å². The Balaban J connectivity index is 2.78. The Morgan fingerprint density at radius 2 is 2.43 bits per heavy atom. The molecule has 1 aromatic rings. The molecule has 0 bridgehead atoms. The van der Waals surface area contributed by atoms with Crippen LogP contribution in [-0.2, 0) is 0 Å². The topological polar surface area (TPSA) is 42.0 Å². The molecule has 1 amide bonds. The Morgan fingerprint density at radius 3 is 3.07 bits per heavy atom. The second-order valence-corrected chi connectivity index (χ2v) is 3.61. The molecule has 0 aliphatic carbocycles. The van der Waals surface area contributed by atoms with Crippen molar-refractivity contribution in [1.82, 2.24) is 10.3 Å². The maximum absolute atomic E-state index is 11.6. The summed E-state index contributed by atoms with van der Waals surface area (Å²) in [7, 11) is 0. The third-order valence-corrected chi connectivity index (χ3v) is 2.46. The summed E-state index contributed by atoms with van der Waals surface area (Å²) in [6, 6.07) is 3.57. The zero-order valence-corrected chi connectivity index (χ0v) is 9.23. The molecule has 1 aromatic heterocycles. The second kappa shape index (κ2) is 5.65. The van der Waals surface area contributed by atoms with E-state index < -0.39 is 0 Å². The predicted molar refractivity (Wildman–Crippen MR) is 58.6 cm³/mol. The number of hydrogen-bond donors (Lipinski definition) is 1. The van der Waals surface area contributed by atoms with Crippen molar-refractivity contribution in [2.45, 2.75) is 18.4 Å². The molecule has 0 spiro atoms. The van der Waals surface area contributed by atoms with E-state index in [-0.39, 0.29) is 5.91 Å². The average Bonchev–Trinajstić information content (AvgIpc) is 2.25. The van der Waals surface area contributed by atoms with Crippen molar-refractivity contribution in [3.63, 3.8) is 0 Å². The van der Waals surface area contributed by atoms with Crippen LogP contribution in [0.25, 0.3) is 0 Å². The van der Waals surface area contributed by atoms with E-state index in [1.54, 1.807) is 18.3 Å². The van der Waals surface area contributed by atoms with Crippen LogP contribution in [0.3, 0.4) is 0 Å². The van der Waals surface area contributed by atoms with Crippen molar-refractivity contribution in [3.05, 3.63) is 23.9 Å². The van der Waals surface area contributed by atoms with Gasteiger partial charge in [0.1, 0.15) is 5.03 Å². The molecule has 1 N–H and O–H groups in total. The first kappa shape index (κ1) is 11.0. The first-order chi connectivity index (χ1) is 6.79. The quantitative estimate of drug-likeness (QED) is 0.772. The average molecular weight is 210 g/mol. The number of aromatic nitrogens is 1. The summed E-state index contributed by atoms with van der Waals surface area (Å²) in [5.41, 5.74) is 0.661. The van der Waals surface area contributed by atoms with Crippen LogP contribution in [0.1, 0.15) is 23.7 Å². The number of rotatable bonds is 4. The van der Waals surface area contributed by atoms with Crippen molar-refractivity contribution in [3.8, 4) is 0 Å². The normalized spacial score (nSPS) is 9.86. The number of pyridine rings is 1. The zero-order valence-electron chi connectivity index (χ0n) is 8.41. The lowest BCUT2D eigenvalue weighted by Gasteiger charge is -2.05. The molecule has 0 aromatic carbocycles. The lowest BCUT2D eigenvalue weighted by Crippen LogP contribution is -2.24. The fourth-order valence-corrected chi connectivity index (χ4v) is 1.61. The third kappa shape index (κ3) is 2.73. The molecule has 0 radical (unpaired) electrons. The number of amides is 1. The summed E-state index contributed by atoms with van der Waals surface area (Å²) in [5.74, 6) is -0.0377. The number of nitrogens with zero attached hydrogens (tertiary/aromatic N) is 1. The molecular weight excluding hydrogens is 196 g/mol. The molecule has 3 nitrogen and oxygen atoms in total. The van der Waals surface area contributed by atoms with E-state index in [2.05, 4.69) is 10.3 Å². The third-order valence-electron chi connectivity index (χ3n) is 1.74. The van der Waals surface area contributed by atoms with E-state index in [0.717, 1.165) is 11.4 Å². The standard InChI is InChI=1S/C10H14N2OS/c1-3-6-11-9(13)8-5-4-7-12-10(8)14-2/h4-5,7H,3,6H2,1-2H3,(H,11,13). The number of hydrogen-bond acceptors (Lipinski definition) is 3. The summed E-state index contributed by atoms with van der Waals surface area (Å²) < 4.78 is 0. The lowest BCUT2D eigenvalue weighted by molar-refractivity contribution is 0.0950. The smallest absolute Gasteiger partial charge is 0.254 e. The SMILES string of the molecule is CCCNC(=O)c1cccnc1SC. The summed E-state index contributed by atoms with van der Waals surface area (Å²) in [4.78, 5) is 15.7. The minimum Gasteiger partial charge on any atom is -0.352 e. The van der Waals surface area contributed by atoms with E-state index in [1.165, 1.54) is 11.8 Å². The van der Waals surface area contributed by atoms with Gasteiger partial charge in [0.15, 0.2) is 0 Å². The summed E-state index contributed by atoms with van der Waals surface area (Å²) in [6.45, 7) is 2.74. The van der Waals surface area contributed by atoms with Gasteiger partial charge in [0.05, 0.1) is 5.56 Å². The van der Waals surface area contributed by atoms with Gasteiger partial charge in [-0.15, -0.1) is 11.8 Å². The van der Waals surface area contributed by atoms with Crippen LogP contribution in [0.2, 0.25) is 0 Å². The van der Waals surface area contributed by atoms with Gasteiger partial charge < -0.3 is 5.32 Å². The van der Waals surface area contributed by atoms with Gasteiger partial charge in [-0.05, 0) is 24.8 Å². The van der Waals surface area contributed by atoms with Crippen LogP contribution in [-0.4, -0.2) is 23.7 Å². The van der Waals surface area contributed by atoms with E-state index >= 15 is 0 Å². The molecule has 4 heteroatoms. The lowest BCUT2D eigenvalue weighted by atomic mass is 10.2. The number of thioether (sulfide) groups is 1. The molecule has 14 heavy (non-hydrogen) atoms. The van der Waals surface area contributed by atoms with Gasteiger partial charge in [-0.2, -0.15) is 0 Å². The Morgan fingerprint density at radius 1 is 1.64 bits per heavy atom. The minimum absolute atomic E-state index is 0.0377. The second-order valence-electron chi connectivity index (χ2n) is 2.82. The number of carbonyl (C=O) groups is 1. The highest BCUT2D eigenvalue weighted by Gasteiger charge is 2.09. The van der Waals surface area contributed by atoms with E-state index in [4.69, 9.17) is 0 Å².